The highest BCUT2D eigenvalue weighted by Crippen LogP contribution is 2.25. The minimum absolute atomic E-state index is 0.237. The second kappa shape index (κ2) is 6.29. The molecule has 0 aromatic heterocycles. The SMILES string of the molecule is COc1ccc(Cl)cc1C(=O)N(C)c1ccc(C#N)cc1. The molecule has 4 nitrogen and oxygen atoms in total. The van der Waals surface area contributed by atoms with Crippen molar-refractivity contribution < 1.29 is 9.53 Å². The number of halogens is 1. The van der Waals surface area contributed by atoms with E-state index in [1.807, 2.05) is 6.07 Å². The van der Waals surface area contributed by atoms with Crippen LogP contribution in [0, 0.1) is 11.3 Å². The number of anilines is 1. The number of nitrogens with zero attached hydrogens (tertiary/aromatic N) is 2. The van der Waals surface area contributed by atoms with Crippen LogP contribution in [0.4, 0.5) is 5.69 Å². The first-order chi connectivity index (χ1) is 10.1. The van der Waals surface area contributed by atoms with Crippen molar-refractivity contribution >= 4 is 23.2 Å². The van der Waals surface area contributed by atoms with Crippen molar-refractivity contribution in [3.8, 4) is 11.8 Å². The fraction of sp³-hybridized carbons (Fsp3) is 0.125. The van der Waals surface area contributed by atoms with Crippen LogP contribution in [0.3, 0.4) is 0 Å². The van der Waals surface area contributed by atoms with Gasteiger partial charge in [0.2, 0.25) is 0 Å². The first kappa shape index (κ1) is 14.9. The maximum Gasteiger partial charge on any atom is 0.261 e. The van der Waals surface area contributed by atoms with E-state index in [1.54, 1.807) is 49.5 Å². The third kappa shape index (κ3) is 3.15. The van der Waals surface area contributed by atoms with Gasteiger partial charge in [-0.05, 0) is 42.5 Å². The molecule has 106 valence electrons. The Balaban J connectivity index is 2.34. The Hall–Kier alpha value is -2.51. The molecule has 0 aliphatic rings. The lowest BCUT2D eigenvalue weighted by Crippen LogP contribution is -2.26. The van der Waals surface area contributed by atoms with E-state index in [4.69, 9.17) is 21.6 Å². The quantitative estimate of drug-likeness (QED) is 0.872. The number of carbonyl (C=O) groups excluding carboxylic acids is 1. The molecule has 0 saturated heterocycles. The maximum absolute atomic E-state index is 12.6. The number of ether oxygens (including phenoxy) is 1. The van der Waals surface area contributed by atoms with Crippen molar-refractivity contribution in [1.29, 1.82) is 5.26 Å². The molecular weight excluding hydrogens is 288 g/mol. The number of amides is 1. The van der Waals surface area contributed by atoms with Gasteiger partial charge < -0.3 is 9.64 Å². The molecule has 0 aliphatic heterocycles. The molecule has 0 N–H and O–H groups in total. The molecule has 0 radical (unpaired) electrons. The fourth-order valence-electron chi connectivity index (χ4n) is 1.90. The molecular formula is C16H13ClN2O2. The van der Waals surface area contributed by atoms with Gasteiger partial charge in [0.15, 0.2) is 0 Å². The van der Waals surface area contributed by atoms with Crippen LogP contribution in [-0.4, -0.2) is 20.1 Å². The summed E-state index contributed by atoms with van der Waals surface area (Å²) in [4.78, 5) is 14.0. The van der Waals surface area contributed by atoms with Crippen LogP contribution in [-0.2, 0) is 0 Å². The molecule has 5 heteroatoms. The van der Waals surface area contributed by atoms with Gasteiger partial charge in [0.05, 0.1) is 24.3 Å². The van der Waals surface area contributed by atoms with E-state index in [1.165, 1.54) is 12.0 Å². The van der Waals surface area contributed by atoms with Gasteiger partial charge in [-0.3, -0.25) is 4.79 Å². The molecule has 1 amide bonds. The van der Waals surface area contributed by atoms with Crippen molar-refractivity contribution in [2.45, 2.75) is 0 Å². The van der Waals surface area contributed by atoms with Gasteiger partial charge in [-0.1, -0.05) is 11.6 Å². The molecule has 0 spiro atoms. The van der Waals surface area contributed by atoms with Gasteiger partial charge in [-0.25, -0.2) is 0 Å². The van der Waals surface area contributed by atoms with Crippen LogP contribution in [0.25, 0.3) is 0 Å². The Morgan fingerprint density at radius 1 is 1.24 bits per heavy atom. The van der Waals surface area contributed by atoms with E-state index in [9.17, 15) is 4.79 Å². The first-order valence-corrected chi connectivity index (χ1v) is 6.56. The highest BCUT2D eigenvalue weighted by atomic mass is 35.5. The zero-order valence-corrected chi connectivity index (χ0v) is 12.4. The summed E-state index contributed by atoms with van der Waals surface area (Å²) >= 11 is 5.95. The normalized spacial score (nSPS) is 9.81. The van der Waals surface area contributed by atoms with Gasteiger partial charge in [0.25, 0.3) is 5.91 Å². The van der Waals surface area contributed by atoms with Gasteiger partial charge in [-0.2, -0.15) is 5.26 Å². The monoisotopic (exact) mass is 300 g/mol. The Labute approximate surface area is 128 Å². The number of hydrogen-bond acceptors (Lipinski definition) is 3. The number of hydrogen-bond donors (Lipinski definition) is 0. The summed E-state index contributed by atoms with van der Waals surface area (Å²) in [5, 5.41) is 9.26. The van der Waals surface area contributed by atoms with Crippen molar-refractivity contribution in [1.82, 2.24) is 0 Å². The van der Waals surface area contributed by atoms with E-state index in [0.29, 0.717) is 27.6 Å². The van der Waals surface area contributed by atoms with E-state index in [-0.39, 0.29) is 5.91 Å². The van der Waals surface area contributed by atoms with Crippen molar-refractivity contribution in [2.75, 3.05) is 19.1 Å². The number of rotatable bonds is 3. The summed E-state index contributed by atoms with van der Waals surface area (Å²) in [7, 11) is 3.16. The predicted molar refractivity (Wildman–Crippen MR) is 81.9 cm³/mol. The van der Waals surface area contributed by atoms with Crippen LogP contribution in [0.2, 0.25) is 5.02 Å². The number of carbonyl (C=O) groups is 1. The van der Waals surface area contributed by atoms with E-state index >= 15 is 0 Å². The Morgan fingerprint density at radius 3 is 2.48 bits per heavy atom. The van der Waals surface area contributed by atoms with Crippen molar-refractivity contribution in [2.24, 2.45) is 0 Å². The van der Waals surface area contributed by atoms with E-state index in [0.717, 1.165) is 0 Å². The summed E-state index contributed by atoms with van der Waals surface area (Å²) in [6, 6.07) is 13.7. The number of methoxy groups -OCH3 is 1. The Bertz CT molecular complexity index is 705. The molecule has 21 heavy (non-hydrogen) atoms. The number of nitriles is 1. The minimum atomic E-state index is -0.237. The van der Waals surface area contributed by atoms with Crippen LogP contribution < -0.4 is 9.64 Å². The molecule has 0 atom stereocenters. The summed E-state index contributed by atoms with van der Waals surface area (Å²) in [6.45, 7) is 0. The lowest BCUT2D eigenvalue weighted by atomic mass is 10.1. The summed E-state index contributed by atoms with van der Waals surface area (Å²) in [6.07, 6.45) is 0. The molecule has 2 aromatic carbocycles. The minimum Gasteiger partial charge on any atom is -0.496 e. The first-order valence-electron chi connectivity index (χ1n) is 6.18. The second-order valence-electron chi connectivity index (χ2n) is 4.37. The lowest BCUT2D eigenvalue weighted by Gasteiger charge is -2.19. The Morgan fingerprint density at radius 2 is 1.90 bits per heavy atom. The summed E-state index contributed by atoms with van der Waals surface area (Å²) in [5.41, 5.74) is 1.61. The molecule has 2 rings (SSSR count). The van der Waals surface area contributed by atoms with Gasteiger partial charge in [-0.15, -0.1) is 0 Å². The zero-order valence-electron chi connectivity index (χ0n) is 11.6. The smallest absolute Gasteiger partial charge is 0.261 e. The average Bonchev–Trinajstić information content (AvgIpc) is 2.53. The molecule has 0 aliphatic carbocycles. The average molecular weight is 301 g/mol. The molecule has 2 aromatic rings. The van der Waals surface area contributed by atoms with Crippen molar-refractivity contribution in [3.63, 3.8) is 0 Å². The van der Waals surface area contributed by atoms with E-state index in [2.05, 4.69) is 0 Å². The highest BCUT2D eigenvalue weighted by molar-refractivity contribution is 6.31. The second-order valence-corrected chi connectivity index (χ2v) is 4.80. The molecule has 0 saturated carbocycles. The highest BCUT2D eigenvalue weighted by Gasteiger charge is 2.18. The van der Waals surface area contributed by atoms with Gasteiger partial charge in [0.1, 0.15) is 5.75 Å². The third-order valence-electron chi connectivity index (χ3n) is 3.08. The zero-order chi connectivity index (χ0) is 15.4. The lowest BCUT2D eigenvalue weighted by molar-refractivity contribution is 0.0990. The third-order valence-corrected chi connectivity index (χ3v) is 3.32. The van der Waals surface area contributed by atoms with Gasteiger partial charge >= 0.3 is 0 Å². The van der Waals surface area contributed by atoms with Crippen LogP contribution >= 0.6 is 11.6 Å². The standard InChI is InChI=1S/C16H13ClN2O2/c1-19(13-6-3-11(10-18)4-7-13)16(20)14-9-12(17)5-8-15(14)21-2/h3-9H,1-2H3. The van der Waals surface area contributed by atoms with Crippen LogP contribution in [0.15, 0.2) is 42.5 Å². The molecule has 0 unspecified atom stereocenters. The molecule has 0 bridgehead atoms. The number of benzene rings is 2. The summed E-state index contributed by atoms with van der Waals surface area (Å²) < 4.78 is 5.19. The topological polar surface area (TPSA) is 53.3 Å². The predicted octanol–water partition coefficient (Wildman–Crippen LogP) is 3.50. The van der Waals surface area contributed by atoms with Gasteiger partial charge in [0, 0.05) is 17.8 Å². The van der Waals surface area contributed by atoms with E-state index < -0.39 is 0 Å². The fourth-order valence-corrected chi connectivity index (χ4v) is 2.08. The van der Waals surface area contributed by atoms with Crippen molar-refractivity contribution in [3.05, 3.63) is 58.6 Å². The Kier molecular flexibility index (Phi) is 4.46. The molecule has 0 fully saturated rings. The summed E-state index contributed by atoms with van der Waals surface area (Å²) in [5.74, 6) is 0.226. The largest absolute Gasteiger partial charge is 0.496 e. The van der Waals surface area contributed by atoms with Crippen LogP contribution in [0.5, 0.6) is 5.75 Å². The molecule has 0 heterocycles. The maximum atomic E-state index is 12.6. The van der Waals surface area contributed by atoms with Crippen LogP contribution in [0.1, 0.15) is 15.9 Å².